The Kier molecular flexibility index (Phi) is 7.85. The van der Waals surface area contributed by atoms with Crippen LogP contribution in [0.4, 0.5) is 0 Å². The van der Waals surface area contributed by atoms with Crippen LogP contribution in [-0.2, 0) is 4.79 Å². The van der Waals surface area contributed by atoms with E-state index in [1.165, 1.54) is 0 Å². The van der Waals surface area contributed by atoms with Crippen LogP contribution in [0.25, 0.3) is 0 Å². The van der Waals surface area contributed by atoms with Crippen LogP contribution >= 0.6 is 0 Å². The van der Waals surface area contributed by atoms with E-state index in [0.29, 0.717) is 18.7 Å². The number of nitrogens with zero attached hydrogens (tertiary/aromatic N) is 3. The van der Waals surface area contributed by atoms with Gasteiger partial charge < -0.3 is 15.1 Å². The molecule has 1 aromatic heterocycles. The highest BCUT2D eigenvalue weighted by Crippen LogP contribution is 2.19. The van der Waals surface area contributed by atoms with Gasteiger partial charge in [0.05, 0.1) is 5.56 Å². The highest BCUT2D eigenvalue weighted by molar-refractivity contribution is 5.94. The van der Waals surface area contributed by atoms with Crippen molar-refractivity contribution in [1.82, 2.24) is 20.1 Å². The van der Waals surface area contributed by atoms with Crippen LogP contribution in [0, 0.1) is 5.92 Å². The summed E-state index contributed by atoms with van der Waals surface area (Å²) in [5.41, 5.74) is 0.613. The summed E-state index contributed by atoms with van der Waals surface area (Å²) in [5.74, 6) is 0.158. The number of carbonyl (C=O) groups excluding carboxylic acids is 2. The third-order valence-electron chi connectivity index (χ3n) is 4.91. The average molecular weight is 346 g/mol. The highest BCUT2D eigenvalue weighted by atomic mass is 16.2. The van der Waals surface area contributed by atoms with Gasteiger partial charge in [0, 0.05) is 37.9 Å². The Labute approximate surface area is 150 Å². The van der Waals surface area contributed by atoms with E-state index in [9.17, 15) is 9.59 Å². The van der Waals surface area contributed by atoms with E-state index in [0.717, 1.165) is 45.4 Å². The lowest BCUT2D eigenvalue weighted by Gasteiger charge is -2.31. The minimum atomic E-state index is 0.00572. The number of amides is 2. The third kappa shape index (κ3) is 5.81. The molecule has 2 heterocycles. The van der Waals surface area contributed by atoms with Crippen LogP contribution in [0.1, 0.15) is 43.5 Å². The summed E-state index contributed by atoms with van der Waals surface area (Å²) in [7, 11) is 0. The summed E-state index contributed by atoms with van der Waals surface area (Å²) in [4.78, 5) is 32.9. The maximum Gasteiger partial charge on any atom is 0.255 e. The van der Waals surface area contributed by atoms with Crippen molar-refractivity contribution in [2.75, 3.05) is 39.3 Å². The van der Waals surface area contributed by atoms with Crippen LogP contribution in [0.3, 0.4) is 0 Å². The topological polar surface area (TPSA) is 65.5 Å². The SMILES string of the molecule is CCN(CC)CCCNC(=O)C1CCN(C(=O)c2cccnc2)CC1. The van der Waals surface area contributed by atoms with Gasteiger partial charge in [-0.05, 0) is 51.0 Å². The van der Waals surface area contributed by atoms with Crippen LogP contribution in [0.15, 0.2) is 24.5 Å². The Morgan fingerprint density at radius 2 is 2.00 bits per heavy atom. The minimum Gasteiger partial charge on any atom is -0.356 e. The summed E-state index contributed by atoms with van der Waals surface area (Å²) < 4.78 is 0. The lowest BCUT2D eigenvalue weighted by molar-refractivity contribution is -0.126. The van der Waals surface area contributed by atoms with Gasteiger partial charge in [0.15, 0.2) is 0 Å². The van der Waals surface area contributed by atoms with E-state index in [1.54, 1.807) is 24.5 Å². The largest absolute Gasteiger partial charge is 0.356 e. The first-order valence-electron chi connectivity index (χ1n) is 9.35. The van der Waals surface area contributed by atoms with Gasteiger partial charge in [-0.15, -0.1) is 0 Å². The highest BCUT2D eigenvalue weighted by Gasteiger charge is 2.27. The van der Waals surface area contributed by atoms with Crippen molar-refractivity contribution in [3.8, 4) is 0 Å². The Morgan fingerprint density at radius 3 is 2.60 bits per heavy atom. The Morgan fingerprint density at radius 1 is 1.28 bits per heavy atom. The third-order valence-corrected chi connectivity index (χ3v) is 4.91. The zero-order chi connectivity index (χ0) is 18.1. The average Bonchev–Trinajstić information content (AvgIpc) is 2.68. The van der Waals surface area contributed by atoms with Crippen molar-refractivity contribution in [1.29, 1.82) is 0 Å². The summed E-state index contributed by atoms with van der Waals surface area (Å²) in [5, 5.41) is 3.05. The molecule has 6 heteroatoms. The standard InChI is InChI=1S/C19H30N4O2/c1-3-22(4-2)12-6-11-21-18(24)16-8-13-23(14-9-16)19(25)17-7-5-10-20-15-17/h5,7,10,15-16H,3-4,6,8-9,11-14H2,1-2H3,(H,21,24). The van der Waals surface area contributed by atoms with Crippen molar-refractivity contribution in [2.24, 2.45) is 5.92 Å². The number of hydrogen-bond acceptors (Lipinski definition) is 4. The number of hydrogen-bond donors (Lipinski definition) is 1. The second-order valence-corrected chi connectivity index (χ2v) is 6.48. The quantitative estimate of drug-likeness (QED) is 0.729. The second-order valence-electron chi connectivity index (χ2n) is 6.48. The molecule has 0 saturated carbocycles. The first kappa shape index (κ1) is 19.4. The van der Waals surface area contributed by atoms with Gasteiger partial charge in [-0.25, -0.2) is 0 Å². The molecular formula is C19H30N4O2. The molecule has 1 aliphatic rings. The Bertz CT molecular complexity index is 538. The van der Waals surface area contributed by atoms with Crippen molar-refractivity contribution in [2.45, 2.75) is 33.1 Å². The van der Waals surface area contributed by atoms with Crippen molar-refractivity contribution in [3.05, 3.63) is 30.1 Å². The summed E-state index contributed by atoms with van der Waals surface area (Å²) >= 11 is 0. The molecule has 0 bridgehead atoms. The Balaban J connectivity index is 1.69. The van der Waals surface area contributed by atoms with Crippen molar-refractivity contribution >= 4 is 11.8 Å². The summed E-state index contributed by atoms with van der Waals surface area (Å²) in [6.07, 6.45) is 5.69. The number of likely N-dealkylation sites (tertiary alicyclic amines) is 1. The fourth-order valence-corrected chi connectivity index (χ4v) is 3.22. The fourth-order valence-electron chi connectivity index (χ4n) is 3.22. The van der Waals surface area contributed by atoms with E-state index < -0.39 is 0 Å². The van der Waals surface area contributed by atoms with Crippen LogP contribution < -0.4 is 5.32 Å². The van der Waals surface area contributed by atoms with Gasteiger partial charge in [-0.2, -0.15) is 0 Å². The molecule has 1 saturated heterocycles. The van der Waals surface area contributed by atoms with Gasteiger partial charge >= 0.3 is 0 Å². The molecule has 1 N–H and O–H groups in total. The maximum absolute atomic E-state index is 12.4. The van der Waals surface area contributed by atoms with Gasteiger partial charge in [-0.1, -0.05) is 13.8 Å². The lowest BCUT2D eigenvalue weighted by atomic mass is 9.95. The fraction of sp³-hybridized carbons (Fsp3) is 0.632. The number of aromatic nitrogens is 1. The molecule has 1 fully saturated rings. The smallest absolute Gasteiger partial charge is 0.255 e. The molecule has 0 unspecified atom stereocenters. The number of nitrogens with one attached hydrogen (secondary N) is 1. The van der Waals surface area contributed by atoms with Gasteiger partial charge in [0.25, 0.3) is 5.91 Å². The van der Waals surface area contributed by atoms with E-state index in [2.05, 4.69) is 29.0 Å². The van der Waals surface area contributed by atoms with Gasteiger partial charge in [0.2, 0.25) is 5.91 Å². The predicted octanol–water partition coefficient (Wildman–Crippen LogP) is 1.78. The molecule has 25 heavy (non-hydrogen) atoms. The molecule has 1 aliphatic heterocycles. The molecular weight excluding hydrogens is 316 g/mol. The van der Waals surface area contributed by atoms with Crippen LogP contribution in [0.5, 0.6) is 0 Å². The summed E-state index contributed by atoms with van der Waals surface area (Å²) in [6.45, 7) is 9.42. The molecule has 0 radical (unpaired) electrons. The zero-order valence-electron chi connectivity index (χ0n) is 15.4. The van der Waals surface area contributed by atoms with Crippen molar-refractivity contribution < 1.29 is 9.59 Å². The molecule has 1 aromatic rings. The number of piperidine rings is 1. The number of pyridine rings is 1. The number of carbonyl (C=O) groups is 2. The molecule has 0 aromatic carbocycles. The normalized spacial score (nSPS) is 15.4. The Hall–Kier alpha value is -1.95. The molecule has 6 nitrogen and oxygen atoms in total. The molecule has 0 aliphatic carbocycles. The molecule has 138 valence electrons. The zero-order valence-corrected chi connectivity index (χ0v) is 15.4. The first-order valence-corrected chi connectivity index (χ1v) is 9.35. The summed E-state index contributed by atoms with van der Waals surface area (Å²) in [6, 6.07) is 3.55. The molecule has 2 rings (SSSR count). The molecule has 0 spiro atoms. The van der Waals surface area contributed by atoms with Gasteiger partial charge in [0.1, 0.15) is 0 Å². The maximum atomic E-state index is 12.4. The predicted molar refractivity (Wildman–Crippen MR) is 98.3 cm³/mol. The van der Waals surface area contributed by atoms with E-state index in [1.807, 2.05) is 4.90 Å². The monoisotopic (exact) mass is 346 g/mol. The van der Waals surface area contributed by atoms with Crippen LogP contribution in [0.2, 0.25) is 0 Å². The minimum absolute atomic E-state index is 0.00572. The molecule has 2 amide bonds. The van der Waals surface area contributed by atoms with Gasteiger partial charge in [-0.3, -0.25) is 14.6 Å². The molecule has 0 atom stereocenters. The second kappa shape index (κ2) is 10.1. The number of rotatable bonds is 8. The van der Waals surface area contributed by atoms with E-state index in [-0.39, 0.29) is 17.7 Å². The van der Waals surface area contributed by atoms with Crippen LogP contribution in [-0.4, -0.2) is 65.9 Å². The lowest BCUT2D eigenvalue weighted by Crippen LogP contribution is -2.43. The van der Waals surface area contributed by atoms with E-state index in [4.69, 9.17) is 0 Å². The van der Waals surface area contributed by atoms with Crippen molar-refractivity contribution in [3.63, 3.8) is 0 Å². The first-order chi connectivity index (χ1) is 12.2. The van der Waals surface area contributed by atoms with E-state index >= 15 is 0 Å².